The standard InChI is InChI=1S/C15H23NO6/c1-6-8-20-12(17)10-11(13(18)21-9-7-2)16-14(19)22-15(3,4)5/h6-7,11H,1-2,8-10H2,3-5H3,(H,16,19). The van der Waals surface area contributed by atoms with Crippen molar-refractivity contribution in [2.24, 2.45) is 0 Å². The summed E-state index contributed by atoms with van der Waals surface area (Å²) in [5.41, 5.74) is -0.733. The predicted molar refractivity (Wildman–Crippen MR) is 80.1 cm³/mol. The number of carbonyl (C=O) groups excluding carboxylic acids is 3. The van der Waals surface area contributed by atoms with Crippen LogP contribution in [0, 0.1) is 0 Å². The molecule has 0 aromatic rings. The number of nitrogens with one attached hydrogen (secondary N) is 1. The van der Waals surface area contributed by atoms with E-state index in [1.54, 1.807) is 20.8 Å². The molecule has 0 aliphatic rings. The van der Waals surface area contributed by atoms with Crippen LogP contribution >= 0.6 is 0 Å². The summed E-state index contributed by atoms with van der Waals surface area (Å²) >= 11 is 0. The average molecular weight is 313 g/mol. The van der Waals surface area contributed by atoms with Crippen LogP contribution in [0.25, 0.3) is 0 Å². The molecule has 0 radical (unpaired) electrons. The maximum Gasteiger partial charge on any atom is 0.408 e. The highest BCUT2D eigenvalue weighted by atomic mass is 16.6. The van der Waals surface area contributed by atoms with E-state index in [1.165, 1.54) is 12.2 Å². The summed E-state index contributed by atoms with van der Waals surface area (Å²) in [5, 5.41) is 2.29. The van der Waals surface area contributed by atoms with Gasteiger partial charge in [-0.2, -0.15) is 0 Å². The van der Waals surface area contributed by atoms with Crippen molar-refractivity contribution in [3.8, 4) is 0 Å². The third-order valence-electron chi connectivity index (χ3n) is 2.05. The largest absolute Gasteiger partial charge is 0.461 e. The summed E-state index contributed by atoms with van der Waals surface area (Å²) in [6, 6.07) is -1.20. The Morgan fingerprint density at radius 1 is 1.09 bits per heavy atom. The van der Waals surface area contributed by atoms with Crippen molar-refractivity contribution in [1.29, 1.82) is 0 Å². The lowest BCUT2D eigenvalue weighted by Crippen LogP contribution is -2.45. The number of hydrogen-bond acceptors (Lipinski definition) is 6. The molecule has 0 rings (SSSR count). The Balaban J connectivity index is 4.73. The number of carbonyl (C=O) groups is 3. The topological polar surface area (TPSA) is 90.9 Å². The van der Waals surface area contributed by atoms with E-state index >= 15 is 0 Å². The molecule has 0 aromatic carbocycles. The molecule has 1 atom stereocenters. The highest BCUT2D eigenvalue weighted by Gasteiger charge is 2.28. The number of ether oxygens (including phenoxy) is 3. The highest BCUT2D eigenvalue weighted by Crippen LogP contribution is 2.08. The maximum atomic E-state index is 11.8. The number of esters is 2. The van der Waals surface area contributed by atoms with E-state index in [9.17, 15) is 14.4 Å². The van der Waals surface area contributed by atoms with Crippen molar-refractivity contribution < 1.29 is 28.6 Å². The zero-order valence-electron chi connectivity index (χ0n) is 13.2. The van der Waals surface area contributed by atoms with Gasteiger partial charge in [0.1, 0.15) is 24.9 Å². The number of amides is 1. The second-order valence-corrected chi connectivity index (χ2v) is 5.29. The summed E-state index contributed by atoms with van der Waals surface area (Å²) in [7, 11) is 0. The molecule has 0 aliphatic heterocycles. The van der Waals surface area contributed by atoms with Gasteiger partial charge in [0.05, 0.1) is 6.42 Å². The van der Waals surface area contributed by atoms with Gasteiger partial charge in [-0.05, 0) is 20.8 Å². The second kappa shape index (κ2) is 9.59. The summed E-state index contributed by atoms with van der Waals surface area (Å²) < 4.78 is 14.7. The van der Waals surface area contributed by atoms with Crippen LogP contribution in [0.3, 0.4) is 0 Å². The third kappa shape index (κ3) is 9.57. The molecule has 0 saturated carbocycles. The molecular weight excluding hydrogens is 290 g/mol. The summed E-state index contributed by atoms with van der Waals surface area (Å²) in [5.74, 6) is -1.45. The van der Waals surface area contributed by atoms with Crippen LogP contribution in [0.15, 0.2) is 25.3 Å². The molecule has 0 aromatic heterocycles. The number of alkyl carbamates (subject to hydrolysis) is 1. The first-order valence-corrected chi connectivity index (χ1v) is 6.73. The summed E-state index contributed by atoms with van der Waals surface area (Å²) in [6.45, 7) is 11.8. The fraction of sp³-hybridized carbons (Fsp3) is 0.533. The summed E-state index contributed by atoms with van der Waals surface area (Å²) in [6.07, 6.45) is 1.57. The first kappa shape index (κ1) is 19.7. The predicted octanol–water partition coefficient (Wildman–Crippen LogP) is 1.73. The lowest BCUT2D eigenvalue weighted by molar-refractivity contribution is -0.151. The van der Waals surface area contributed by atoms with Crippen LogP contribution in [-0.2, 0) is 23.8 Å². The molecule has 0 saturated heterocycles. The molecule has 22 heavy (non-hydrogen) atoms. The zero-order valence-corrected chi connectivity index (χ0v) is 13.2. The van der Waals surface area contributed by atoms with Gasteiger partial charge in [-0.15, -0.1) is 0 Å². The first-order valence-electron chi connectivity index (χ1n) is 6.73. The van der Waals surface area contributed by atoms with E-state index in [4.69, 9.17) is 14.2 Å². The van der Waals surface area contributed by atoms with Crippen molar-refractivity contribution in [2.45, 2.75) is 38.8 Å². The van der Waals surface area contributed by atoms with Crippen molar-refractivity contribution in [3.05, 3.63) is 25.3 Å². The minimum Gasteiger partial charge on any atom is -0.461 e. The van der Waals surface area contributed by atoms with Crippen LogP contribution in [0.2, 0.25) is 0 Å². The van der Waals surface area contributed by atoms with Gasteiger partial charge >= 0.3 is 18.0 Å². The Bertz CT molecular complexity index is 424. The molecular formula is C15H23NO6. The van der Waals surface area contributed by atoms with Gasteiger partial charge in [0.2, 0.25) is 0 Å². The Kier molecular flexibility index (Phi) is 8.59. The van der Waals surface area contributed by atoms with Crippen molar-refractivity contribution >= 4 is 18.0 Å². The molecule has 7 heteroatoms. The molecule has 124 valence electrons. The minimum atomic E-state index is -1.20. The van der Waals surface area contributed by atoms with Crippen molar-refractivity contribution in [1.82, 2.24) is 5.32 Å². The minimum absolute atomic E-state index is 0.0136. The van der Waals surface area contributed by atoms with Gasteiger partial charge in [-0.25, -0.2) is 9.59 Å². The Labute approximate surface area is 130 Å². The van der Waals surface area contributed by atoms with Gasteiger partial charge < -0.3 is 19.5 Å². The van der Waals surface area contributed by atoms with E-state index in [1.807, 2.05) is 0 Å². The maximum absolute atomic E-state index is 11.8. The lowest BCUT2D eigenvalue weighted by Gasteiger charge is -2.22. The van der Waals surface area contributed by atoms with Gasteiger partial charge in [-0.3, -0.25) is 4.79 Å². The van der Waals surface area contributed by atoms with Gasteiger partial charge in [0.15, 0.2) is 0 Å². The van der Waals surface area contributed by atoms with Crippen molar-refractivity contribution in [3.63, 3.8) is 0 Å². The van der Waals surface area contributed by atoms with E-state index in [0.29, 0.717) is 0 Å². The average Bonchev–Trinajstić information content (AvgIpc) is 2.39. The lowest BCUT2D eigenvalue weighted by atomic mass is 10.2. The fourth-order valence-electron chi connectivity index (χ4n) is 1.26. The normalized spacial score (nSPS) is 11.8. The van der Waals surface area contributed by atoms with Crippen LogP contribution < -0.4 is 5.32 Å². The Hall–Kier alpha value is -2.31. The van der Waals surface area contributed by atoms with E-state index in [-0.39, 0.29) is 19.6 Å². The SMILES string of the molecule is C=CCOC(=O)CC(NC(=O)OC(C)(C)C)C(=O)OCC=C. The zero-order chi connectivity index (χ0) is 17.2. The van der Waals surface area contributed by atoms with Crippen molar-refractivity contribution in [2.75, 3.05) is 13.2 Å². The summed E-state index contributed by atoms with van der Waals surface area (Å²) in [4.78, 5) is 35.1. The highest BCUT2D eigenvalue weighted by molar-refractivity contribution is 5.86. The molecule has 0 bridgehead atoms. The number of hydrogen-bond donors (Lipinski definition) is 1. The van der Waals surface area contributed by atoms with Gasteiger partial charge in [0.25, 0.3) is 0 Å². The smallest absolute Gasteiger partial charge is 0.408 e. The Morgan fingerprint density at radius 2 is 1.64 bits per heavy atom. The molecule has 1 N–H and O–H groups in total. The third-order valence-corrected chi connectivity index (χ3v) is 2.05. The van der Waals surface area contributed by atoms with E-state index in [2.05, 4.69) is 18.5 Å². The fourth-order valence-corrected chi connectivity index (χ4v) is 1.26. The van der Waals surface area contributed by atoms with Crippen LogP contribution in [-0.4, -0.2) is 42.9 Å². The number of rotatable bonds is 8. The molecule has 0 spiro atoms. The molecule has 7 nitrogen and oxygen atoms in total. The van der Waals surface area contributed by atoms with Crippen LogP contribution in [0.4, 0.5) is 4.79 Å². The first-order chi connectivity index (χ1) is 10.2. The van der Waals surface area contributed by atoms with Crippen LogP contribution in [0.1, 0.15) is 27.2 Å². The van der Waals surface area contributed by atoms with Gasteiger partial charge in [0, 0.05) is 0 Å². The second-order valence-electron chi connectivity index (χ2n) is 5.29. The van der Waals surface area contributed by atoms with E-state index < -0.39 is 29.7 Å². The van der Waals surface area contributed by atoms with E-state index in [0.717, 1.165) is 0 Å². The van der Waals surface area contributed by atoms with Crippen LogP contribution in [0.5, 0.6) is 0 Å². The molecule has 1 unspecified atom stereocenters. The molecule has 0 fully saturated rings. The Morgan fingerprint density at radius 3 is 2.14 bits per heavy atom. The molecule has 1 amide bonds. The quantitative estimate of drug-likeness (QED) is 0.417. The monoisotopic (exact) mass is 313 g/mol. The molecule has 0 aliphatic carbocycles. The molecule has 0 heterocycles. The van der Waals surface area contributed by atoms with Gasteiger partial charge in [-0.1, -0.05) is 25.3 Å².